The van der Waals surface area contributed by atoms with Gasteiger partial charge in [0.15, 0.2) is 0 Å². The molecule has 0 spiro atoms. The Hall–Kier alpha value is -0.285. The molecule has 98 valence electrons. The van der Waals surface area contributed by atoms with Gasteiger partial charge in [-0.15, -0.1) is 0 Å². The van der Waals surface area contributed by atoms with Crippen LogP contribution in [0.1, 0.15) is 27.7 Å². The Morgan fingerprint density at radius 1 is 1.00 bits per heavy atom. The molecule has 6 heteroatoms. The predicted molar refractivity (Wildman–Crippen MR) is 72.1 cm³/mol. The van der Waals surface area contributed by atoms with Crippen LogP contribution in [-0.4, -0.2) is 18.3 Å². The van der Waals surface area contributed by atoms with Gasteiger partial charge in [0.1, 0.15) is 5.82 Å². The number of rotatable bonds is 1. The maximum Gasteiger partial charge on any atom is 0.496 e. The van der Waals surface area contributed by atoms with Gasteiger partial charge in [0, 0.05) is 5.46 Å². The summed E-state index contributed by atoms with van der Waals surface area (Å²) in [6.07, 6.45) is 0. The molecule has 0 bridgehead atoms. The third-order valence-electron chi connectivity index (χ3n) is 3.57. The Kier molecular flexibility index (Phi) is 3.44. The molecule has 1 saturated heterocycles. The molecule has 2 nitrogen and oxygen atoms in total. The Morgan fingerprint density at radius 3 is 2.00 bits per heavy atom. The first-order valence-electron chi connectivity index (χ1n) is 5.65. The van der Waals surface area contributed by atoms with Crippen LogP contribution in [0.2, 0.25) is 10.0 Å². The van der Waals surface area contributed by atoms with E-state index in [4.69, 9.17) is 32.5 Å². The van der Waals surface area contributed by atoms with Gasteiger partial charge >= 0.3 is 7.12 Å². The lowest BCUT2D eigenvalue weighted by molar-refractivity contribution is 0.00578. The highest BCUT2D eigenvalue weighted by atomic mass is 35.5. The second-order valence-electron chi connectivity index (χ2n) is 5.35. The van der Waals surface area contributed by atoms with E-state index in [1.165, 1.54) is 12.1 Å². The van der Waals surface area contributed by atoms with E-state index in [0.717, 1.165) is 0 Å². The molecule has 0 radical (unpaired) electrons. The third-order valence-corrected chi connectivity index (χ3v) is 4.45. The monoisotopic (exact) mass is 290 g/mol. The summed E-state index contributed by atoms with van der Waals surface area (Å²) in [5, 5.41) is 0.0269. The van der Waals surface area contributed by atoms with Crippen molar-refractivity contribution in [3.63, 3.8) is 0 Å². The molecule has 1 aromatic carbocycles. The summed E-state index contributed by atoms with van der Waals surface area (Å²) >= 11 is 11.8. The number of halogens is 3. The summed E-state index contributed by atoms with van der Waals surface area (Å²) in [6.45, 7) is 7.75. The molecular weight excluding hydrogens is 277 g/mol. The van der Waals surface area contributed by atoms with E-state index in [9.17, 15) is 4.39 Å². The largest absolute Gasteiger partial charge is 0.496 e. The average Bonchev–Trinajstić information content (AvgIpc) is 2.45. The van der Waals surface area contributed by atoms with E-state index in [2.05, 4.69) is 0 Å². The highest BCUT2D eigenvalue weighted by Gasteiger charge is 2.52. The van der Waals surface area contributed by atoms with Gasteiger partial charge in [-0.2, -0.15) is 0 Å². The van der Waals surface area contributed by atoms with Crippen molar-refractivity contribution in [1.29, 1.82) is 0 Å². The lowest BCUT2D eigenvalue weighted by Gasteiger charge is -2.32. The molecule has 1 aliphatic rings. The van der Waals surface area contributed by atoms with E-state index >= 15 is 0 Å². The van der Waals surface area contributed by atoms with Crippen LogP contribution >= 0.6 is 23.2 Å². The molecule has 0 N–H and O–H groups in total. The predicted octanol–water partition coefficient (Wildman–Crippen LogP) is 3.43. The summed E-state index contributed by atoms with van der Waals surface area (Å²) in [5.74, 6) is -0.554. The summed E-state index contributed by atoms with van der Waals surface area (Å²) in [7, 11) is -0.638. The van der Waals surface area contributed by atoms with Gasteiger partial charge in [0.2, 0.25) is 0 Å². The fraction of sp³-hybridized carbons (Fsp3) is 0.500. The van der Waals surface area contributed by atoms with Crippen LogP contribution in [0.5, 0.6) is 0 Å². The molecule has 0 atom stereocenters. The lowest BCUT2D eigenvalue weighted by Crippen LogP contribution is -2.41. The summed E-state index contributed by atoms with van der Waals surface area (Å²) in [5.41, 5.74) is -0.398. The Labute approximate surface area is 117 Å². The molecule has 1 aromatic rings. The zero-order valence-electron chi connectivity index (χ0n) is 10.7. The zero-order chi connectivity index (χ0) is 13.7. The topological polar surface area (TPSA) is 18.5 Å². The van der Waals surface area contributed by atoms with Crippen LogP contribution < -0.4 is 5.46 Å². The second kappa shape index (κ2) is 4.38. The van der Waals surface area contributed by atoms with Crippen molar-refractivity contribution >= 4 is 35.8 Å². The van der Waals surface area contributed by atoms with Crippen LogP contribution in [0.3, 0.4) is 0 Å². The van der Waals surface area contributed by atoms with Crippen LogP contribution in [0, 0.1) is 5.82 Å². The Balaban J connectivity index is 2.39. The maximum absolute atomic E-state index is 13.3. The van der Waals surface area contributed by atoms with E-state index in [1.54, 1.807) is 0 Å². The minimum Gasteiger partial charge on any atom is -0.399 e. The molecule has 1 fully saturated rings. The van der Waals surface area contributed by atoms with Gasteiger partial charge in [-0.25, -0.2) is 4.39 Å². The van der Waals surface area contributed by atoms with Gasteiger partial charge in [-0.1, -0.05) is 29.3 Å². The lowest BCUT2D eigenvalue weighted by atomic mass is 9.79. The maximum atomic E-state index is 13.3. The van der Waals surface area contributed by atoms with E-state index in [-0.39, 0.29) is 10.0 Å². The van der Waals surface area contributed by atoms with Gasteiger partial charge in [0.05, 0.1) is 21.2 Å². The van der Waals surface area contributed by atoms with E-state index in [0.29, 0.717) is 5.46 Å². The highest BCUT2D eigenvalue weighted by Crippen LogP contribution is 2.37. The number of hydrogen-bond acceptors (Lipinski definition) is 2. The zero-order valence-corrected chi connectivity index (χ0v) is 12.2. The molecule has 0 unspecified atom stereocenters. The molecular formula is C12H14BCl2FO2. The molecule has 1 heterocycles. The van der Waals surface area contributed by atoms with Gasteiger partial charge in [-0.3, -0.25) is 0 Å². The summed E-state index contributed by atoms with van der Waals surface area (Å²) in [4.78, 5) is 0. The normalized spacial score (nSPS) is 21.4. The first kappa shape index (κ1) is 14.1. The second-order valence-corrected chi connectivity index (χ2v) is 6.11. The first-order chi connectivity index (χ1) is 8.16. The highest BCUT2D eigenvalue weighted by molar-refractivity contribution is 6.66. The molecule has 0 aliphatic carbocycles. The molecule has 2 rings (SSSR count). The van der Waals surface area contributed by atoms with Gasteiger partial charge < -0.3 is 9.31 Å². The quantitative estimate of drug-likeness (QED) is 0.583. The van der Waals surface area contributed by atoms with Crippen molar-refractivity contribution in [1.82, 2.24) is 0 Å². The number of hydrogen-bond donors (Lipinski definition) is 0. The van der Waals surface area contributed by atoms with Crippen LogP contribution in [0.15, 0.2) is 12.1 Å². The SMILES string of the molecule is CC1(C)OB(c2ccc(F)c(Cl)c2Cl)OC1(C)C. The molecule has 18 heavy (non-hydrogen) atoms. The summed E-state index contributed by atoms with van der Waals surface area (Å²) in [6, 6.07) is 2.79. The minimum absolute atomic E-state index is 0.108. The van der Waals surface area contributed by atoms with E-state index < -0.39 is 24.1 Å². The Bertz CT molecular complexity index is 475. The van der Waals surface area contributed by atoms with Crippen LogP contribution in [0.4, 0.5) is 4.39 Å². The number of benzene rings is 1. The summed E-state index contributed by atoms with van der Waals surface area (Å²) < 4.78 is 24.9. The van der Waals surface area contributed by atoms with Crippen molar-refractivity contribution in [2.24, 2.45) is 0 Å². The molecule has 0 amide bonds. The standard InChI is InChI=1S/C12H14BCl2FO2/c1-11(2)12(3,4)18-13(17-11)7-5-6-8(16)10(15)9(7)14/h5-6H,1-4H3. The van der Waals surface area contributed by atoms with Crippen molar-refractivity contribution in [3.05, 3.63) is 28.0 Å². The average molecular weight is 291 g/mol. The van der Waals surface area contributed by atoms with Crippen LogP contribution in [0.25, 0.3) is 0 Å². The van der Waals surface area contributed by atoms with Crippen molar-refractivity contribution < 1.29 is 13.7 Å². The minimum atomic E-state index is -0.638. The molecule has 1 aliphatic heterocycles. The van der Waals surface area contributed by atoms with E-state index in [1.807, 2.05) is 27.7 Å². The first-order valence-corrected chi connectivity index (χ1v) is 6.40. The van der Waals surface area contributed by atoms with Gasteiger partial charge in [0.25, 0.3) is 0 Å². The smallest absolute Gasteiger partial charge is 0.399 e. The van der Waals surface area contributed by atoms with Gasteiger partial charge in [-0.05, 0) is 33.8 Å². The van der Waals surface area contributed by atoms with Crippen LogP contribution in [-0.2, 0) is 9.31 Å². The Morgan fingerprint density at radius 2 is 1.50 bits per heavy atom. The molecule has 0 aromatic heterocycles. The fourth-order valence-corrected chi connectivity index (χ4v) is 2.11. The molecule has 0 saturated carbocycles. The third kappa shape index (κ3) is 2.16. The van der Waals surface area contributed by atoms with Crippen molar-refractivity contribution in [2.45, 2.75) is 38.9 Å². The fourth-order valence-electron chi connectivity index (χ4n) is 1.69. The van der Waals surface area contributed by atoms with Crippen molar-refractivity contribution in [2.75, 3.05) is 0 Å². The van der Waals surface area contributed by atoms with Crippen molar-refractivity contribution in [3.8, 4) is 0 Å².